The minimum absolute atomic E-state index is 0.211. The molecule has 1 aromatic carbocycles. The predicted octanol–water partition coefficient (Wildman–Crippen LogP) is 4.22. The fourth-order valence-corrected chi connectivity index (χ4v) is 3.20. The number of hydrogen-bond acceptors (Lipinski definition) is 4. The Morgan fingerprint density at radius 2 is 2.10 bits per heavy atom. The van der Waals surface area contributed by atoms with E-state index in [-0.39, 0.29) is 6.04 Å². The summed E-state index contributed by atoms with van der Waals surface area (Å²) in [6.07, 6.45) is 1.71. The third-order valence-corrected chi connectivity index (χ3v) is 4.30. The van der Waals surface area contributed by atoms with Crippen LogP contribution in [0.3, 0.4) is 0 Å². The molecule has 104 valence electrons. The molecular formula is C16H17NO2S. The number of fused-ring (bicyclic) bond motifs is 1. The molecule has 4 heteroatoms. The van der Waals surface area contributed by atoms with Gasteiger partial charge in [0.1, 0.15) is 17.1 Å². The molecule has 0 saturated carbocycles. The Kier molecular flexibility index (Phi) is 4.14. The summed E-state index contributed by atoms with van der Waals surface area (Å²) < 4.78 is 11.2. The Morgan fingerprint density at radius 1 is 1.20 bits per heavy atom. The van der Waals surface area contributed by atoms with Gasteiger partial charge in [-0.15, -0.1) is 0 Å². The topological polar surface area (TPSA) is 38.3 Å². The van der Waals surface area contributed by atoms with E-state index in [9.17, 15) is 0 Å². The fraction of sp³-hybridized carbons (Fsp3) is 0.250. The number of nitrogens with one attached hydrogen (secondary N) is 1. The van der Waals surface area contributed by atoms with Gasteiger partial charge >= 0.3 is 0 Å². The lowest BCUT2D eigenvalue weighted by molar-refractivity contribution is 0.478. The third kappa shape index (κ3) is 2.92. The Bertz CT molecular complexity index is 627. The van der Waals surface area contributed by atoms with E-state index in [0.717, 1.165) is 34.0 Å². The zero-order valence-corrected chi connectivity index (χ0v) is 12.2. The molecule has 0 bridgehead atoms. The minimum Gasteiger partial charge on any atom is -0.468 e. The molecule has 1 N–H and O–H groups in total. The molecule has 0 aliphatic rings. The lowest BCUT2D eigenvalue weighted by Crippen LogP contribution is -2.18. The van der Waals surface area contributed by atoms with Gasteiger partial charge in [0.15, 0.2) is 0 Å². The highest BCUT2D eigenvalue weighted by atomic mass is 32.2. The molecule has 0 radical (unpaired) electrons. The van der Waals surface area contributed by atoms with Crippen LogP contribution < -0.4 is 5.32 Å². The Labute approximate surface area is 122 Å². The van der Waals surface area contributed by atoms with Crippen LogP contribution in [-0.4, -0.2) is 12.8 Å². The Morgan fingerprint density at radius 3 is 2.85 bits per heavy atom. The monoisotopic (exact) mass is 287 g/mol. The minimum atomic E-state index is 0.211. The molecule has 20 heavy (non-hydrogen) atoms. The first-order valence-electron chi connectivity index (χ1n) is 6.62. The highest BCUT2D eigenvalue weighted by Gasteiger charge is 2.14. The van der Waals surface area contributed by atoms with Gasteiger partial charge in [0.25, 0.3) is 0 Å². The van der Waals surface area contributed by atoms with Crippen molar-refractivity contribution in [3.8, 4) is 0 Å². The standard InChI is InChI=1S/C16H17NO2S/c1-17-14(11-20-10-13-6-4-8-18-13)16-9-12-5-2-3-7-15(12)19-16/h2-9,14,17H,10-11H2,1H3. The van der Waals surface area contributed by atoms with E-state index in [1.54, 1.807) is 6.26 Å². The molecule has 2 heterocycles. The van der Waals surface area contributed by atoms with Crippen molar-refractivity contribution in [1.29, 1.82) is 0 Å². The highest BCUT2D eigenvalue weighted by molar-refractivity contribution is 7.98. The first-order chi connectivity index (χ1) is 9.86. The van der Waals surface area contributed by atoms with Gasteiger partial charge in [0, 0.05) is 11.1 Å². The number of thioether (sulfide) groups is 1. The molecule has 0 spiro atoms. The molecule has 0 aliphatic heterocycles. The van der Waals surface area contributed by atoms with E-state index in [2.05, 4.69) is 17.4 Å². The van der Waals surface area contributed by atoms with Crippen molar-refractivity contribution >= 4 is 22.7 Å². The lowest BCUT2D eigenvalue weighted by Gasteiger charge is -2.12. The molecule has 3 aromatic rings. The van der Waals surface area contributed by atoms with Gasteiger partial charge in [0.05, 0.1) is 18.1 Å². The molecule has 3 nitrogen and oxygen atoms in total. The van der Waals surface area contributed by atoms with Crippen molar-refractivity contribution in [2.75, 3.05) is 12.8 Å². The van der Waals surface area contributed by atoms with E-state index in [1.807, 2.05) is 49.1 Å². The molecule has 2 aromatic heterocycles. The summed E-state index contributed by atoms with van der Waals surface area (Å²) in [5.41, 5.74) is 0.943. The summed E-state index contributed by atoms with van der Waals surface area (Å²) in [5, 5.41) is 4.47. The van der Waals surface area contributed by atoms with Gasteiger partial charge in [0.2, 0.25) is 0 Å². The van der Waals surface area contributed by atoms with Crippen LogP contribution in [0.25, 0.3) is 11.0 Å². The molecule has 0 aliphatic carbocycles. The number of hydrogen-bond donors (Lipinski definition) is 1. The molecule has 0 fully saturated rings. The van der Waals surface area contributed by atoms with E-state index >= 15 is 0 Å². The first kappa shape index (κ1) is 13.3. The van der Waals surface area contributed by atoms with Crippen molar-refractivity contribution in [2.45, 2.75) is 11.8 Å². The number of para-hydroxylation sites is 1. The lowest BCUT2D eigenvalue weighted by atomic mass is 10.2. The second-order valence-corrected chi connectivity index (χ2v) is 5.65. The molecule has 1 atom stereocenters. The fourth-order valence-electron chi connectivity index (χ4n) is 2.15. The second kappa shape index (κ2) is 6.20. The van der Waals surface area contributed by atoms with Gasteiger partial charge in [-0.1, -0.05) is 18.2 Å². The molecular weight excluding hydrogens is 270 g/mol. The van der Waals surface area contributed by atoms with Crippen LogP contribution in [0.1, 0.15) is 17.6 Å². The summed E-state index contributed by atoms with van der Waals surface area (Å²) in [6.45, 7) is 0. The van der Waals surface area contributed by atoms with Crippen LogP contribution in [-0.2, 0) is 5.75 Å². The zero-order chi connectivity index (χ0) is 13.8. The summed E-state index contributed by atoms with van der Waals surface area (Å²) in [4.78, 5) is 0. The molecule has 0 saturated heterocycles. The highest BCUT2D eigenvalue weighted by Crippen LogP contribution is 2.26. The first-order valence-corrected chi connectivity index (χ1v) is 7.78. The predicted molar refractivity (Wildman–Crippen MR) is 82.9 cm³/mol. The quantitative estimate of drug-likeness (QED) is 0.736. The summed E-state index contributed by atoms with van der Waals surface area (Å²) in [7, 11) is 1.96. The maximum absolute atomic E-state index is 5.91. The van der Waals surface area contributed by atoms with E-state index in [4.69, 9.17) is 8.83 Å². The number of rotatable bonds is 6. The normalized spacial score (nSPS) is 12.8. The van der Waals surface area contributed by atoms with E-state index in [1.165, 1.54) is 0 Å². The third-order valence-electron chi connectivity index (χ3n) is 3.25. The molecule has 1 unspecified atom stereocenters. The van der Waals surface area contributed by atoms with Crippen LogP contribution >= 0.6 is 11.8 Å². The average Bonchev–Trinajstić information content (AvgIpc) is 3.12. The number of benzene rings is 1. The van der Waals surface area contributed by atoms with Gasteiger partial charge in [-0.05, 0) is 31.3 Å². The Balaban J connectivity index is 1.66. The van der Waals surface area contributed by atoms with Gasteiger partial charge < -0.3 is 14.2 Å². The van der Waals surface area contributed by atoms with Crippen molar-refractivity contribution in [2.24, 2.45) is 0 Å². The van der Waals surface area contributed by atoms with Crippen LogP contribution in [0.15, 0.2) is 57.6 Å². The number of furan rings is 2. The second-order valence-electron chi connectivity index (χ2n) is 4.62. The Hall–Kier alpha value is -1.65. The van der Waals surface area contributed by atoms with Crippen LogP contribution in [0.4, 0.5) is 0 Å². The summed E-state index contributed by atoms with van der Waals surface area (Å²) in [6, 6.07) is 14.4. The SMILES string of the molecule is CNC(CSCc1ccco1)c1cc2ccccc2o1. The average molecular weight is 287 g/mol. The van der Waals surface area contributed by atoms with Gasteiger partial charge in [-0.2, -0.15) is 11.8 Å². The molecule has 3 rings (SSSR count). The van der Waals surface area contributed by atoms with Crippen LogP contribution in [0.2, 0.25) is 0 Å². The van der Waals surface area contributed by atoms with Crippen molar-refractivity contribution in [1.82, 2.24) is 5.32 Å². The summed E-state index contributed by atoms with van der Waals surface area (Å²) >= 11 is 1.83. The van der Waals surface area contributed by atoms with Crippen LogP contribution in [0, 0.1) is 0 Å². The zero-order valence-electron chi connectivity index (χ0n) is 11.3. The maximum Gasteiger partial charge on any atom is 0.134 e. The van der Waals surface area contributed by atoms with Crippen molar-refractivity contribution < 1.29 is 8.83 Å². The maximum atomic E-state index is 5.91. The van der Waals surface area contributed by atoms with E-state index in [0.29, 0.717) is 0 Å². The van der Waals surface area contributed by atoms with Gasteiger partial charge in [-0.25, -0.2) is 0 Å². The smallest absolute Gasteiger partial charge is 0.134 e. The van der Waals surface area contributed by atoms with E-state index < -0.39 is 0 Å². The van der Waals surface area contributed by atoms with Gasteiger partial charge in [-0.3, -0.25) is 0 Å². The summed E-state index contributed by atoms with van der Waals surface area (Å²) in [5.74, 6) is 3.82. The molecule has 0 amide bonds. The van der Waals surface area contributed by atoms with Crippen LogP contribution in [0.5, 0.6) is 0 Å². The van der Waals surface area contributed by atoms with Crippen molar-refractivity contribution in [3.63, 3.8) is 0 Å². The largest absolute Gasteiger partial charge is 0.468 e. The van der Waals surface area contributed by atoms with Crippen molar-refractivity contribution in [3.05, 3.63) is 60.2 Å².